The zero-order valence-electron chi connectivity index (χ0n) is 9.87. The van der Waals surface area contributed by atoms with Gasteiger partial charge in [0.15, 0.2) is 5.82 Å². The third-order valence-electron chi connectivity index (χ3n) is 2.80. The van der Waals surface area contributed by atoms with Gasteiger partial charge in [-0.1, -0.05) is 29.3 Å². The molecule has 0 radical (unpaired) electrons. The Morgan fingerprint density at radius 3 is 2.55 bits per heavy atom. The third kappa shape index (κ3) is 2.21. The molecule has 0 aliphatic rings. The van der Waals surface area contributed by atoms with Gasteiger partial charge in [0.1, 0.15) is 16.8 Å². The standard InChI is InChI=1S/C14H6Cl2F2N2/c15-12-9(2-1-3-10(12)18)14-19-11-6-7(17)4-5-8(11)13(16)20-14/h1-6H. The number of fused-ring (bicyclic) bond motifs is 1. The first kappa shape index (κ1) is 13.2. The Bertz CT molecular complexity index is 822. The maximum Gasteiger partial charge on any atom is 0.163 e. The Morgan fingerprint density at radius 2 is 1.75 bits per heavy atom. The zero-order valence-corrected chi connectivity index (χ0v) is 11.4. The van der Waals surface area contributed by atoms with Gasteiger partial charge in [-0.15, -0.1) is 0 Å². The molecule has 1 heterocycles. The molecule has 0 bridgehead atoms. The van der Waals surface area contributed by atoms with Crippen LogP contribution >= 0.6 is 23.2 Å². The molecule has 20 heavy (non-hydrogen) atoms. The lowest BCUT2D eigenvalue weighted by molar-refractivity contribution is 0.628. The molecular weight excluding hydrogens is 305 g/mol. The second kappa shape index (κ2) is 4.96. The van der Waals surface area contributed by atoms with Crippen LogP contribution in [-0.4, -0.2) is 9.97 Å². The Labute approximate surface area is 123 Å². The smallest absolute Gasteiger partial charge is 0.163 e. The lowest BCUT2D eigenvalue weighted by Crippen LogP contribution is -1.94. The Morgan fingerprint density at radius 1 is 0.950 bits per heavy atom. The molecule has 6 heteroatoms. The molecule has 0 amide bonds. The predicted molar refractivity (Wildman–Crippen MR) is 74.9 cm³/mol. The monoisotopic (exact) mass is 310 g/mol. The number of benzene rings is 2. The van der Waals surface area contributed by atoms with E-state index in [2.05, 4.69) is 9.97 Å². The molecule has 0 saturated heterocycles. The molecule has 0 spiro atoms. The Kier molecular flexibility index (Phi) is 3.28. The molecule has 0 fully saturated rings. The van der Waals surface area contributed by atoms with E-state index in [0.717, 1.165) is 0 Å². The summed E-state index contributed by atoms with van der Waals surface area (Å²) >= 11 is 11.9. The van der Waals surface area contributed by atoms with Gasteiger partial charge in [0.05, 0.1) is 10.5 Å². The lowest BCUT2D eigenvalue weighted by atomic mass is 10.2. The van der Waals surface area contributed by atoms with Crippen LogP contribution in [0.1, 0.15) is 0 Å². The summed E-state index contributed by atoms with van der Waals surface area (Å²) in [6.07, 6.45) is 0. The Balaban J connectivity index is 2.29. The van der Waals surface area contributed by atoms with Gasteiger partial charge in [-0.05, 0) is 24.3 Å². The Hall–Kier alpha value is -1.78. The van der Waals surface area contributed by atoms with Crippen molar-refractivity contribution in [3.63, 3.8) is 0 Å². The molecule has 2 aromatic carbocycles. The maximum atomic E-state index is 13.5. The molecule has 3 aromatic rings. The first-order valence-electron chi connectivity index (χ1n) is 5.63. The molecule has 100 valence electrons. The molecule has 0 saturated carbocycles. The second-order valence-corrected chi connectivity index (χ2v) is 4.84. The second-order valence-electron chi connectivity index (χ2n) is 4.10. The van der Waals surface area contributed by atoms with Crippen LogP contribution in [0.2, 0.25) is 10.2 Å². The van der Waals surface area contributed by atoms with Crippen molar-refractivity contribution in [1.29, 1.82) is 0 Å². The fraction of sp³-hybridized carbons (Fsp3) is 0. The van der Waals surface area contributed by atoms with E-state index in [1.165, 1.54) is 30.3 Å². The van der Waals surface area contributed by atoms with Crippen LogP contribution in [0.25, 0.3) is 22.3 Å². The van der Waals surface area contributed by atoms with Gasteiger partial charge in [-0.25, -0.2) is 18.7 Å². The molecule has 2 nitrogen and oxygen atoms in total. The molecular formula is C14H6Cl2F2N2. The summed E-state index contributed by atoms with van der Waals surface area (Å²) < 4.78 is 26.7. The average Bonchev–Trinajstić information content (AvgIpc) is 2.41. The number of nitrogens with zero attached hydrogens (tertiary/aromatic N) is 2. The quantitative estimate of drug-likeness (QED) is 0.598. The van der Waals surface area contributed by atoms with Crippen LogP contribution in [0.5, 0.6) is 0 Å². The first-order valence-corrected chi connectivity index (χ1v) is 6.39. The van der Waals surface area contributed by atoms with E-state index in [-0.39, 0.29) is 16.0 Å². The van der Waals surface area contributed by atoms with Crippen molar-refractivity contribution < 1.29 is 8.78 Å². The van der Waals surface area contributed by atoms with E-state index in [1.807, 2.05) is 0 Å². The predicted octanol–water partition coefficient (Wildman–Crippen LogP) is 4.88. The molecule has 0 atom stereocenters. The van der Waals surface area contributed by atoms with Crippen molar-refractivity contribution in [2.45, 2.75) is 0 Å². The van der Waals surface area contributed by atoms with Crippen molar-refractivity contribution in [2.75, 3.05) is 0 Å². The first-order chi connectivity index (χ1) is 9.56. The fourth-order valence-corrected chi connectivity index (χ4v) is 2.31. The van der Waals surface area contributed by atoms with Crippen molar-refractivity contribution >= 4 is 34.1 Å². The maximum absolute atomic E-state index is 13.5. The highest BCUT2D eigenvalue weighted by Gasteiger charge is 2.13. The van der Waals surface area contributed by atoms with Crippen LogP contribution in [0.15, 0.2) is 36.4 Å². The summed E-state index contributed by atoms with van der Waals surface area (Å²) in [5.41, 5.74) is 0.639. The molecule has 1 aromatic heterocycles. The summed E-state index contributed by atoms with van der Waals surface area (Å²) in [6, 6.07) is 8.29. The van der Waals surface area contributed by atoms with E-state index in [1.54, 1.807) is 6.07 Å². The van der Waals surface area contributed by atoms with Crippen molar-refractivity contribution in [3.8, 4) is 11.4 Å². The number of halogens is 4. The van der Waals surface area contributed by atoms with Gasteiger partial charge >= 0.3 is 0 Å². The molecule has 0 unspecified atom stereocenters. The van der Waals surface area contributed by atoms with Gasteiger partial charge in [0.25, 0.3) is 0 Å². The topological polar surface area (TPSA) is 25.8 Å². The molecule has 0 N–H and O–H groups in total. The van der Waals surface area contributed by atoms with E-state index >= 15 is 0 Å². The highest BCUT2D eigenvalue weighted by Crippen LogP contribution is 2.30. The van der Waals surface area contributed by atoms with E-state index in [9.17, 15) is 8.78 Å². The van der Waals surface area contributed by atoms with Gasteiger partial charge in [0.2, 0.25) is 0 Å². The third-order valence-corrected chi connectivity index (χ3v) is 3.48. The minimum absolute atomic E-state index is 0.0979. The summed E-state index contributed by atoms with van der Waals surface area (Å²) in [7, 11) is 0. The molecule has 0 aliphatic heterocycles. The van der Waals surface area contributed by atoms with Crippen molar-refractivity contribution in [2.24, 2.45) is 0 Å². The number of hydrogen-bond acceptors (Lipinski definition) is 2. The largest absolute Gasteiger partial charge is 0.228 e. The van der Waals surface area contributed by atoms with Gasteiger partial charge in [-0.3, -0.25) is 0 Å². The summed E-state index contributed by atoms with van der Waals surface area (Å²) in [5.74, 6) is -0.871. The van der Waals surface area contributed by atoms with Gasteiger partial charge in [0, 0.05) is 17.0 Å². The SMILES string of the molecule is Fc1ccc2c(Cl)nc(-c3cccc(F)c3Cl)nc2c1. The average molecular weight is 311 g/mol. The summed E-state index contributed by atoms with van der Waals surface area (Å²) in [4.78, 5) is 8.27. The van der Waals surface area contributed by atoms with Gasteiger partial charge in [-0.2, -0.15) is 0 Å². The number of aromatic nitrogens is 2. The van der Waals surface area contributed by atoms with Crippen molar-refractivity contribution in [3.05, 3.63) is 58.2 Å². The van der Waals surface area contributed by atoms with Gasteiger partial charge < -0.3 is 0 Å². The minimum Gasteiger partial charge on any atom is -0.228 e. The highest BCUT2D eigenvalue weighted by molar-refractivity contribution is 6.35. The summed E-state index contributed by atoms with van der Waals surface area (Å²) in [6.45, 7) is 0. The van der Waals surface area contributed by atoms with Crippen LogP contribution < -0.4 is 0 Å². The highest BCUT2D eigenvalue weighted by atomic mass is 35.5. The van der Waals surface area contributed by atoms with E-state index in [4.69, 9.17) is 23.2 Å². The van der Waals surface area contributed by atoms with Crippen LogP contribution in [-0.2, 0) is 0 Å². The summed E-state index contributed by atoms with van der Waals surface area (Å²) in [5, 5.41) is 0.578. The minimum atomic E-state index is -0.580. The van der Waals surface area contributed by atoms with E-state index in [0.29, 0.717) is 16.5 Å². The van der Waals surface area contributed by atoms with Crippen LogP contribution in [0, 0.1) is 11.6 Å². The number of rotatable bonds is 1. The fourth-order valence-electron chi connectivity index (χ4n) is 1.86. The lowest BCUT2D eigenvalue weighted by Gasteiger charge is -2.06. The van der Waals surface area contributed by atoms with Crippen LogP contribution in [0.4, 0.5) is 8.78 Å². The normalized spacial score (nSPS) is 11.0. The van der Waals surface area contributed by atoms with Crippen LogP contribution in [0.3, 0.4) is 0 Å². The zero-order chi connectivity index (χ0) is 14.3. The van der Waals surface area contributed by atoms with E-state index < -0.39 is 11.6 Å². The molecule has 3 rings (SSSR count). The molecule has 0 aliphatic carbocycles. The number of hydrogen-bond donors (Lipinski definition) is 0. The van der Waals surface area contributed by atoms with Crippen molar-refractivity contribution in [1.82, 2.24) is 9.97 Å².